The van der Waals surface area contributed by atoms with Crippen molar-refractivity contribution in [1.82, 2.24) is 9.97 Å². The molecule has 0 aromatic carbocycles. The minimum atomic E-state index is 0.452. The van der Waals surface area contributed by atoms with Crippen molar-refractivity contribution < 1.29 is 4.74 Å². The van der Waals surface area contributed by atoms with Crippen LogP contribution in [0.2, 0.25) is 0 Å². The Labute approximate surface area is 127 Å². The molecular formula is C15H27N5O. The number of nitrogen functional groups attached to an aromatic ring is 1. The Kier molecular flexibility index (Phi) is 5.76. The van der Waals surface area contributed by atoms with Gasteiger partial charge in [-0.2, -0.15) is 0 Å². The highest BCUT2D eigenvalue weighted by Crippen LogP contribution is 2.39. The molecule has 0 atom stereocenters. The van der Waals surface area contributed by atoms with E-state index in [4.69, 9.17) is 15.6 Å². The molecule has 0 unspecified atom stereocenters. The average molecular weight is 293 g/mol. The molecule has 1 fully saturated rings. The highest BCUT2D eigenvalue weighted by molar-refractivity contribution is 5.50. The molecule has 1 saturated carbocycles. The van der Waals surface area contributed by atoms with Gasteiger partial charge in [-0.15, -0.1) is 0 Å². The van der Waals surface area contributed by atoms with Crippen molar-refractivity contribution in [2.45, 2.75) is 51.5 Å². The smallest absolute Gasteiger partial charge is 0.145 e. The van der Waals surface area contributed by atoms with Gasteiger partial charge < -0.3 is 15.1 Å². The van der Waals surface area contributed by atoms with Gasteiger partial charge in [0.05, 0.1) is 6.61 Å². The van der Waals surface area contributed by atoms with Gasteiger partial charge in [-0.05, 0) is 25.7 Å². The van der Waals surface area contributed by atoms with E-state index in [0.29, 0.717) is 24.4 Å². The lowest BCUT2D eigenvalue weighted by Crippen LogP contribution is -2.38. The summed E-state index contributed by atoms with van der Waals surface area (Å²) in [5.41, 5.74) is 2.67. The predicted octanol–water partition coefficient (Wildman–Crippen LogP) is 2.28. The van der Waals surface area contributed by atoms with Crippen molar-refractivity contribution in [1.29, 1.82) is 0 Å². The van der Waals surface area contributed by atoms with Crippen LogP contribution in [0.3, 0.4) is 0 Å². The van der Waals surface area contributed by atoms with E-state index in [1.54, 1.807) is 7.11 Å². The SMILES string of the molecule is CCC(CC)N(CCOC)c1cc(NN)nc(C2CC2)n1. The van der Waals surface area contributed by atoms with Crippen LogP contribution >= 0.6 is 0 Å². The molecule has 6 heteroatoms. The number of aromatic nitrogens is 2. The highest BCUT2D eigenvalue weighted by Gasteiger charge is 2.28. The number of hydrogen-bond donors (Lipinski definition) is 2. The zero-order valence-corrected chi connectivity index (χ0v) is 13.3. The van der Waals surface area contributed by atoms with Crippen LogP contribution in [0.4, 0.5) is 11.6 Å². The summed E-state index contributed by atoms with van der Waals surface area (Å²) in [6.07, 6.45) is 4.51. The molecular weight excluding hydrogens is 266 g/mol. The summed E-state index contributed by atoms with van der Waals surface area (Å²) in [6.45, 7) is 5.93. The zero-order valence-electron chi connectivity index (χ0n) is 13.3. The minimum Gasteiger partial charge on any atom is -0.383 e. The van der Waals surface area contributed by atoms with E-state index in [9.17, 15) is 0 Å². The van der Waals surface area contributed by atoms with E-state index in [1.165, 1.54) is 12.8 Å². The predicted molar refractivity (Wildman–Crippen MR) is 85.4 cm³/mol. The molecule has 3 N–H and O–H groups in total. The Balaban J connectivity index is 2.30. The lowest BCUT2D eigenvalue weighted by atomic mass is 10.1. The Bertz CT molecular complexity index is 446. The number of nitrogens with zero attached hydrogens (tertiary/aromatic N) is 3. The third kappa shape index (κ3) is 4.04. The van der Waals surface area contributed by atoms with E-state index in [1.807, 2.05) is 6.07 Å². The van der Waals surface area contributed by atoms with Gasteiger partial charge in [0.2, 0.25) is 0 Å². The highest BCUT2D eigenvalue weighted by atomic mass is 16.5. The number of ether oxygens (including phenoxy) is 1. The van der Waals surface area contributed by atoms with Crippen molar-refractivity contribution in [3.8, 4) is 0 Å². The number of hydrazine groups is 1. The van der Waals surface area contributed by atoms with Crippen LogP contribution in [0.15, 0.2) is 6.07 Å². The largest absolute Gasteiger partial charge is 0.383 e. The van der Waals surface area contributed by atoms with Gasteiger partial charge >= 0.3 is 0 Å². The summed E-state index contributed by atoms with van der Waals surface area (Å²) in [5, 5.41) is 0. The topological polar surface area (TPSA) is 76.3 Å². The molecule has 0 amide bonds. The second-order valence-electron chi connectivity index (χ2n) is 5.54. The average Bonchev–Trinajstić information content (AvgIpc) is 3.35. The monoisotopic (exact) mass is 293 g/mol. The maximum atomic E-state index is 5.57. The molecule has 1 heterocycles. The van der Waals surface area contributed by atoms with Crippen LogP contribution in [-0.2, 0) is 4.74 Å². The van der Waals surface area contributed by atoms with Gasteiger partial charge in [-0.25, -0.2) is 15.8 Å². The molecule has 1 aromatic heterocycles. The molecule has 0 bridgehead atoms. The third-order valence-corrected chi connectivity index (χ3v) is 4.03. The van der Waals surface area contributed by atoms with Gasteiger partial charge in [0.1, 0.15) is 17.5 Å². The lowest BCUT2D eigenvalue weighted by molar-refractivity contribution is 0.202. The van der Waals surface area contributed by atoms with E-state index >= 15 is 0 Å². The Morgan fingerprint density at radius 1 is 1.38 bits per heavy atom. The van der Waals surface area contributed by atoms with Crippen molar-refractivity contribution >= 4 is 11.6 Å². The summed E-state index contributed by atoms with van der Waals surface area (Å²) >= 11 is 0. The van der Waals surface area contributed by atoms with Gasteiger partial charge in [0.25, 0.3) is 0 Å². The summed E-state index contributed by atoms with van der Waals surface area (Å²) in [7, 11) is 1.73. The maximum absolute atomic E-state index is 5.57. The fourth-order valence-corrected chi connectivity index (χ4v) is 2.60. The van der Waals surface area contributed by atoms with E-state index in [2.05, 4.69) is 29.2 Å². The number of nitrogens with one attached hydrogen (secondary N) is 1. The normalized spacial score (nSPS) is 14.5. The summed E-state index contributed by atoms with van der Waals surface area (Å²) in [6, 6.07) is 2.38. The second-order valence-corrected chi connectivity index (χ2v) is 5.54. The fraction of sp³-hybridized carbons (Fsp3) is 0.733. The molecule has 21 heavy (non-hydrogen) atoms. The van der Waals surface area contributed by atoms with Gasteiger partial charge in [-0.3, -0.25) is 0 Å². The van der Waals surface area contributed by atoms with E-state index in [0.717, 1.165) is 31.0 Å². The molecule has 0 saturated heterocycles. The quantitative estimate of drug-likeness (QED) is 0.537. The number of anilines is 2. The molecule has 2 rings (SSSR count). The zero-order chi connectivity index (χ0) is 15.2. The molecule has 0 radical (unpaired) electrons. The Hall–Kier alpha value is -1.40. The summed E-state index contributed by atoms with van der Waals surface area (Å²) < 4.78 is 5.25. The maximum Gasteiger partial charge on any atom is 0.145 e. The molecule has 0 aliphatic heterocycles. The molecule has 1 aliphatic carbocycles. The van der Waals surface area contributed by atoms with Crippen molar-refractivity contribution in [3.05, 3.63) is 11.9 Å². The number of nitrogens with two attached hydrogens (primary N) is 1. The first-order valence-electron chi connectivity index (χ1n) is 7.84. The molecule has 118 valence electrons. The third-order valence-electron chi connectivity index (χ3n) is 4.03. The van der Waals surface area contributed by atoms with Crippen LogP contribution in [0, 0.1) is 0 Å². The van der Waals surface area contributed by atoms with Crippen LogP contribution in [0.25, 0.3) is 0 Å². The molecule has 6 nitrogen and oxygen atoms in total. The summed E-state index contributed by atoms with van der Waals surface area (Å²) in [4.78, 5) is 11.6. The van der Waals surface area contributed by atoms with E-state index in [-0.39, 0.29) is 0 Å². The fourth-order valence-electron chi connectivity index (χ4n) is 2.60. The van der Waals surface area contributed by atoms with Crippen molar-refractivity contribution in [2.24, 2.45) is 5.84 Å². The molecule has 1 aromatic rings. The van der Waals surface area contributed by atoms with Gasteiger partial charge in [-0.1, -0.05) is 13.8 Å². The number of methoxy groups -OCH3 is 1. The first-order chi connectivity index (χ1) is 10.2. The van der Waals surface area contributed by atoms with Crippen molar-refractivity contribution in [3.63, 3.8) is 0 Å². The van der Waals surface area contributed by atoms with Crippen LogP contribution < -0.4 is 16.2 Å². The molecule has 0 spiro atoms. The van der Waals surface area contributed by atoms with Crippen molar-refractivity contribution in [2.75, 3.05) is 30.6 Å². The first kappa shape index (κ1) is 16.0. The van der Waals surface area contributed by atoms with Gasteiger partial charge in [0.15, 0.2) is 0 Å². The summed E-state index contributed by atoms with van der Waals surface area (Å²) in [5.74, 6) is 8.62. The van der Waals surface area contributed by atoms with Crippen LogP contribution in [-0.4, -0.2) is 36.3 Å². The Morgan fingerprint density at radius 3 is 2.62 bits per heavy atom. The second kappa shape index (κ2) is 7.56. The van der Waals surface area contributed by atoms with Crippen LogP contribution in [0.1, 0.15) is 51.3 Å². The standard InChI is InChI=1S/C15H27N5O/c1-4-12(5-2)20(8-9-21-3)14-10-13(19-16)17-15(18-14)11-6-7-11/h10-12H,4-9,16H2,1-3H3,(H,17,18,19). The van der Waals surface area contributed by atoms with Gasteiger partial charge in [0, 0.05) is 31.7 Å². The molecule has 1 aliphatic rings. The van der Waals surface area contributed by atoms with Crippen LogP contribution in [0.5, 0.6) is 0 Å². The minimum absolute atomic E-state index is 0.452. The first-order valence-corrected chi connectivity index (χ1v) is 7.84. The number of hydrogen-bond acceptors (Lipinski definition) is 6. The van der Waals surface area contributed by atoms with E-state index < -0.39 is 0 Å². The Morgan fingerprint density at radius 2 is 2.10 bits per heavy atom. The number of rotatable bonds is 9. The lowest BCUT2D eigenvalue weighted by Gasteiger charge is -2.31.